The minimum Gasteiger partial charge on any atom is -0.451 e. The number of carbonyl (C=O) groups excluding carboxylic acids is 2. The fraction of sp³-hybridized carbons (Fsp3) is 0.400. The van der Waals surface area contributed by atoms with Crippen LogP contribution in [-0.2, 0) is 28.9 Å². The van der Waals surface area contributed by atoms with Gasteiger partial charge in [0.05, 0.1) is 0 Å². The number of aryl methyl sites for hydroxylation is 1. The highest BCUT2D eigenvalue weighted by Gasteiger charge is 2.22. The van der Waals surface area contributed by atoms with Crippen LogP contribution in [0.25, 0.3) is 0 Å². The Kier molecular flexibility index (Phi) is 5.71. The molecule has 1 atom stereocenters. The molecule has 6 heteroatoms. The third kappa shape index (κ3) is 4.49. The van der Waals surface area contributed by atoms with Gasteiger partial charge in [-0.2, -0.15) is 0 Å². The second-order valence-electron chi connectivity index (χ2n) is 6.86. The van der Waals surface area contributed by atoms with Gasteiger partial charge in [0.25, 0.3) is 5.91 Å². The van der Waals surface area contributed by atoms with Crippen molar-refractivity contribution in [1.29, 1.82) is 0 Å². The highest BCUT2D eigenvalue weighted by atomic mass is 32.1. The minimum absolute atomic E-state index is 0.294. The van der Waals surface area contributed by atoms with Crippen LogP contribution < -0.4 is 0 Å². The summed E-state index contributed by atoms with van der Waals surface area (Å²) < 4.78 is 18.1. The minimum atomic E-state index is -0.444. The van der Waals surface area contributed by atoms with Crippen LogP contribution in [-0.4, -0.2) is 30.4 Å². The standard InChI is InChI=1S/C20H22FNO3S/c1-13-3-8-17-15(9-13)10-18(26-17)20(24)25-12-19(23)22(2)11-14-4-6-16(21)7-5-14/h4-7,10,13H,3,8-9,11-12H2,1-2H3/t13-/m1/s1. The molecule has 1 heterocycles. The maximum atomic E-state index is 12.9. The zero-order valence-corrected chi connectivity index (χ0v) is 15.8. The summed E-state index contributed by atoms with van der Waals surface area (Å²) in [6.45, 7) is 2.26. The number of hydrogen-bond donors (Lipinski definition) is 0. The molecule has 1 aromatic carbocycles. The Hall–Kier alpha value is -2.21. The Balaban J connectivity index is 1.52. The number of benzene rings is 1. The van der Waals surface area contributed by atoms with Crippen molar-refractivity contribution in [2.45, 2.75) is 32.7 Å². The third-order valence-electron chi connectivity index (χ3n) is 4.62. The van der Waals surface area contributed by atoms with Gasteiger partial charge < -0.3 is 9.64 Å². The monoisotopic (exact) mass is 375 g/mol. The molecule has 0 saturated heterocycles. The van der Waals surface area contributed by atoms with Crippen molar-refractivity contribution in [2.24, 2.45) is 5.92 Å². The van der Waals surface area contributed by atoms with Gasteiger partial charge in [-0.05, 0) is 54.5 Å². The fourth-order valence-corrected chi connectivity index (χ4v) is 4.17. The smallest absolute Gasteiger partial charge is 0.348 e. The van der Waals surface area contributed by atoms with Crippen LogP contribution in [0.3, 0.4) is 0 Å². The highest BCUT2D eigenvalue weighted by Crippen LogP contribution is 2.32. The lowest BCUT2D eigenvalue weighted by molar-refractivity contribution is -0.133. The zero-order chi connectivity index (χ0) is 18.7. The molecule has 0 bridgehead atoms. The average molecular weight is 375 g/mol. The van der Waals surface area contributed by atoms with Crippen molar-refractivity contribution in [1.82, 2.24) is 4.90 Å². The molecule has 0 spiro atoms. The number of amides is 1. The number of rotatable bonds is 5. The number of carbonyl (C=O) groups is 2. The summed E-state index contributed by atoms with van der Waals surface area (Å²) in [6.07, 6.45) is 3.15. The topological polar surface area (TPSA) is 46.6 Å². The molecule has 0 fully saturated rings. The molecule has 138 valence electrons. The van der Waals surface area contributed by atoms with Crippen LogP contribution in [0.4, 0.5) is 4.39 Å². The summed E-state index contributed by atoms with van der Waals surface area (Å²) in [5.41, 5.74) is 2.05. The lowest BCUT2D eigenvalue weighted by Crippen LogP contribution is -2.30. The van der Waals surface area contributed by atoms with E-state index in [0.717, 1.165) is 24.8 Å². The van der Waals surface area contributed by atoms with Crippen molar-refractivity contribution < 1.29 is 18.7 Å². The fourth-order valence-electron chi connectivity index (χ4n) is 3.07. The average Bonchev–Trinajstić information content (AvgIpc) is 3.04. The van der Waals surface area contributed by atoms with Gasteiger partial charge in [-0.1, -0.05) is 19.1 Å². The number of likely N-dealkylation sites (N-methyl/N-ethyl adjacent to an activating group) is 1. The van der Waals surface area contributed by atoms with E-state index in [1.165, 1.54) is 38.8 Å². The summed E-state index contributed by atoms with van der Waals surface area (Å²) in [7, 11) is 1.63. The van der Waals surface area contributed by atoms with Crippen LogP contribution in [0.15, 0.2) is 30.3 Å². The molecule has 0 unspecified atom stereocenters. The maximum Gasteiger partial charge on any atom is 0.348 e. The number of fused-ring (bicyclic) bond motifs is 1. The first kappa shape index (κ1) is 18.6. The highest BCUT2D eigenvalue weighted by molar-refractivity contribution is 7.14. The van der Waals surface area contributed by atoms with Crippen molar-refractivity contribution in [2.75, 3.05) is 13.7 Å². The van der Waals surface area contributed by atoms with Gasteiger partial charge in [0.2, 0.25) is 0 Å². The molecule has 1 aliphatic rings. The van der Waals surface area contributed by atoms with Gasteiger partial charge in [0.15, 0.2) is 6.61 Å². The molecule has 1 amide bonds. The Morgan fingerprint density at radius 2 is 2.04 bits per heavy atom. The molecular formula is C20H22FNO3S. The van der Waals surface area contributed by atoms with E-state index in [4.69, 9.17) is 4.74 Å². The van der Waals surface area contributed by atoms with Crippen LogP contribution in [0.1, 0.15) is 39.0 Å². The van der Waals surface area contributed by atoms with E-state index in [0.29, 0.717) is 17.3 Å². The van der Waals surface area contributed by atoms with Crippen LogP contribution in [0, 0.1) is 11.7 Å². The molecule has 1 aliphatic carbocycles. The quantitative estimate of drug-likeness (QED) is 0.746. The van der Waals surface area contributed by atoms with Gasteiger partial charge in [-0.25, -0.2) is 9.18 Å². The summed E-state index contributed by atoms with van der Waals surface area (Å²) >= 11 is 1.47. The normalized spacial score (nSPS) is 16.0. The molecule has 1 aromatic heterocycles. The van der Waals surface area contributed by atoms with Crippen LogP contribution in [0.2, 0.25) is 0 Å². The molecule has 0 radical (unpaired) electrons. The molecule has 2 aromatic rings. The van der Waals surface area contributed by atoms with E-state index < -0.39 is 5.97 Å². The van der Waals surface area contributed by atoms with Gasteiger partial charge >= 0.3 is 5.97 Å². The second kappa shape index (κ2) is 7.99. The Labute approximate surface area is 156 Å². The summed E-state index contributed by atoms with van der Waals surface area (Å²) in [6, 6.07) is 7.87. The Morgan fingerprint density at radius 1 is 1.31 bits per heavy atom. The lowest BCUT2D eigenvalue weighted by Gasteiger charge is -2.17. The van der Waals surface area contributed by atoms with Crippen LogP contribution >= 0.6 is 11.3 Å². The zero-order valence-electron chi connectivity index (χ0n) is 15.0. The number of ether oxygens (including phenoxy) is 1. The first-order valence-electron chi connectivity index (χ1n) is 8.69. The Morgan fingerprint density at radius 3 is 2.77 bits per heavy atom. The van der Waals surface area contributed by atoms with E-state index in [1.807, 2.05) is 6.07 Å². The number of halogens is 1. The molecule has 0 aliphatic heterocycles. The lowest BCUT2D eigenvalue weighted by atomic mass is 9.90. The second-order valence-corrected chi connectivity index (χ2v) is 8.00. The van der Waals surface area contributed by atoms with E-state index >= 15 is 0 Å². The van der Waals surface area contributed by atoms with Gasteiger partial charge in [-0.15, -0.1) is 11.3 Å². The molecule has 4 nitrogen and oxygen atoms in total. The molecule has 3 rings (SSSR count). The summed E-state index contributed by atoms with van der Waals surface area (Å²) in [5, 5.41) is 0. The number of esters is 1. The largest absolute Gasteiger partial charge is 0.451 e. The molecular weight excluding hydrogens is 353 g/mol. The maximum absolute atomic E-state index is 12.9. The van der Waals surface area contributed by atoms with E-state index in [1.54, 1.807) is 19.2 Å². The Bertz CT molecular complexity index is 800. The van der Waals surface area contributed by atoms with Crippen molar-refractivity contribution in [3.63, 3.8) is 0 Å². The third-order valence-corrected chi connectivity index (χ3v) is 5.83. The SMILES string of the molecule is C[C@@H]1CCc2sc(C(=O)OCC(=O)N(C)Cc3ccc(F)cc3)cc2C1. The predicted octanol–water partition coefficient (Wildman–Crippen LogP) is 3.83. The van der Waals surface area contributed by atoms with E-state index in [2.05, 4.69) is 6.92 Å². The van der Waals surface area contributed by atoms with Crippen molar-refractivity contribution in [3.05, 3.63) is 57.0 Å². The number of hydrogen-bond acceptors (Lipinski definition) is 4. The first-order chi connectivity index (χ1) is 12.4. The van der Waals surface area contributed by atoms with Crippen LogP contribution in [0.5, 0.6) is 0 Å². The van der Waals surface area contributed by atoms with Gasteiger partial charge in [0.1, 0.15) is 10.7 Å². The molecule has 26 heavy (non-hydrogen) atoms. The molecule has 0 N–H and O–H groups in total. The van der Waals surface area contributed by atoms with Crippen molar-refractivity contribution >= 4 is 23.2 Å². The molecule has 0 saturated carbocycles. The van der Waals surface area contributed by atoms with E-state index in [9.17, 15) is 14.0 Å². The number of nitrogens with zero attached hydrogens (tertiary/aromatic N) is 1. The summed E-state index contributed by atoms with van der Waals surface area (Å²) in [5.74, 6) is -0.412. The van der Waals surface area contributed by atoms with Crippen molar-refractivity contribution in [3.8, 4) is 0 Å². The summed E-state index contributed by atoms with van der Waals surface area (Å²) in [4.78, 5) is 27.7. The van der Waals surface area contributed by atoms with Gasteiger partial charge in [0, 0.05) is 18.5 Å². The number of thiophene rings is 1. The van der Waals surface area contributed by atoms with E-state index in [-0.39, 0.29) is 18.3 Å². The predicted molar refractivity (Wildman–Crippen MR) is 98.7 cm³/mol. The van der Waals surface area contributed by atoms with Gasteiger partial charge in [-0.3, -0.25) is 4.79 Å². The first-order valence-corrected chi connectivity index (χ1v) is 9.51.